The molecule has 0 saturated carbocycles. The maximum Gasteiger partial charge on any atom is 0.325 e. The molecule has 37 heavy (non-hydrogen) atoms. The third kappa shape index (κ3) is 15.8. The maximum absolute atomic E-state index is 13.1. The molecule has 4 unspecified atom stereocenters. The molecule has 0 rings (SSSR count). The molecule has 0 aromatic heterocycles. The van der Waals surface area contributed by atoms with Gasteiger partial charge in [0, 0.05) is 13.1 Å². The van der Waals surface area contributed by atoms with E-state index in [0.717, 1.165) is 0 Å². The molecule has 4 atom stereocenters. The van der Waals surface area contributed by atoms with Crippen molar-refractivity contribution in [1.82, 2.24) is 16.0 Å². The first kappa shape index (κ1) is 33.3. The number of carbonyl (C=O) groups excluding carboxylic acids is 3. The van der Waals surface area contributed by atoms with Gasteiger partial charge in [0.05, 0.1) is 6.04 Å². The summed E-state index contributed by atoms with van der Waals surface area (Å²) in [6.07, 6.45) is 2.64. The van der Waals surface area contributed by atoms with Gasteiger partial charge in [0.15, 0.2) is 11.9 Å². The average Bonchev–Trinajstić information content (AvgIpc) is 2.82. The molecule has 0 spiro atoms. The Bertz CT molecular complexity index is 798. The molecule has 0 aliphatic carbocycles. The van der Waals surface area contributed by atoms with Crippen LogP contribution >= 0.6 is 0 Å². The van der Waals surface area contributed by atoms with E-state index in [1.165, 1.54) is 6.92 Å². The Kier molecular flexibility index (Phi) is 16.7. The quantitative estimate of drug-likeness (QED) is 0.0438. The van der Waals surface area contributed by atoms with Gasteiger partial charge in [0.1, 0.15) is 18.1 Å². The Labute approximate surface area is 216 Å². The summed E-state index contributed by atoms with van der Waals surface area (Å²) in [7, 11) is 0. The fourth-order valence-corrected chi connectivity index (χ4v) is 3.11. The molecular formula is C21H43N11O5. The van der Waals surface area contributed by atoms with Crippen LogP contribution in [0.15, 0.2) is 9.98 Å². The van der Waals surface area contributed by atoms with Crippen LogP contribution in [0.2, 0.25) is 0 Å². The minimum Gasteiger partial charge on any atom is -0.480 e. The van der Waals surface area contributed by atoms with E-state index in [2.05, 4.69) is 25.9 Å². The van der Waals surface area contributed by atoms with E-state index in [0.29, 0.717) is 38.6 Å². The van der Waals surface area contributed by atoms with Crippen LogP contribution in [-0.4, -0.2) is 84.5 Å². The third-order valence-electron chi connectivity index (χ3n) is 5.19. The number of carbonyl (C=O) groups is 4. The Hall–Kier alpha value is -3.66. The lowest BCUT2D eigenvalue weighted by molar-refractivity contribution is -0.141. The lowest BCUT2D eigenvalue weighted by Crippen LogP contribution is -2.56. The van der Waals surface area contributed by atoms with Crippen molar-refractivity contribution in [3.63, 3.8) is 0 Å². The highest BCUT2D eigenvalue weighted by atomic mass is 16.4. The average molecular weight is 530 g/mol. The van der Waals surface area contributed by atoms with Gasteiger partial charge in [0.2, 0.25) is 17.7 Å². The fourth-order valence-electron chi connectivity index (χ4n) is 3.11. The van der Waals surface area contributed by atoms with Gasteiger partial charge in [-0.05, 0) is 52.0 Å². The maximum atomic E-state index is 13.1. The summed E-state index contributed by atoms with van der Waals surface area (Å²) in [5.41, 5.74) is 32.7. The first-order valence-corrected chi connectivity index (χ1v) is 12.1. The molecule has 0 aliphatic heterocycles. The van der Waals surface area contributed by atoms with Crippen molar-refractivity contribution in [2.75, 3.05) is 19.6 Å². The molecule has 0 radical (unpaired) electrons. The second-order valence-electron chi connectivity index (χ2n) is 8.48. The first-order valence-electron chi connectivity index (χ1n) is 12.1. The van der Waals surface area contributed by atoms with Crippen LogP contribution in [0.25, 0.3) is 0 Å². The van der Waals surface area contributed by atoms with Gasteiger partial charge in [-0.3, -0.25) is 29.2 Å². The highest BCUT2D eigenvalue weighted by Crippen LogP contribution is 2.06. The molecule has 0 aromatic rings. The van der Waals surface area contributed by atoms with Crippen molar-refractivity contribution in [2.24, 2.45) is 44.4 Å². The van der Waals surface area contributed by atoms with Crippen molar-refractivity contribution in [3.8, 4) is 0 Å². The van der Waals surface area contributed by atoms with E-state index in [4.69, 9.17) is 39.5 Å². The minimum atomic E-state index is -1.24. The lowest BCUT2D eigenvalue weighted by atomic mass is 10.1. The lowest BCUT2D eigenvalue weighted by Gasteiger charge is -2.24. The molecule has 16 nitrogen and oxygen atoms in total. The number of carboxylic acids is 1. The second kappa shape index (κ2) is 18.6. The van der Waals surface area contributed by atoms with Gasteiger partial charge in [-0.25, -0.2) is 0 Å². The van der Waals surface area contributed by atoms with Crippen molar-refractivity contribution in [1.29, 1.82) is 0 Å². The van der Waals surface area contributed by atoms with E-state index in [1.54, 1.807) is 0 Å². The van der Waals surface area contributed by atoms with E-state index < -0.39 is 47.9 Å². The van der Waals surface area contributed by atoms with Gasteiger partial charge in [-0.1, -0.05) is 6.42 Å². The molecule has 0 saturated heterocycles. The Morgan fingerprint density at radius 2 is 1.19 bits per heavy atom. The number of rotatable bonds is 19. The minimum absolute atomic E-state index is 0.105. The summed E-state index contributed by atoms with van der Waals surface area (Å²) in [6, 6.07) is -4.20. The largest absolute Gasteiger partial charge is 0.480 e. The molecule has 0 aliphatic rings. The van der Waals surface area contributed by atoms with Crippen LogP contribution in [0.3, 0.4) is 0 Å². The number of nitrogens with two attached hydrogens (primary N) is 6. The summed E-state index contributed by atoms with van der Waals surface area (Å²) in [5, 5.41) is 16.6. The summed E-state index contributed by atoms with van der Waals surface area (Å²) in [6.45, 7) is 2.16. The molecule has 16 heteroatoms. The Balaban J connectivity index is 5.52. The summed E-state index contributed by atoms with van der Waals surface area (Å²) < 4.78 is 0. The van der Waals surface area contributed by atoms with Gasteiger partial charge < -0.3 is 55.5 Å². The number of amides is 3. The fraction of sp³-hybridized carbons (Fsp3) is 0.714. The van der Waals surface area contributed by atoms with Crippen molar-refractivity contribution >= 4 is 35.6 Å². The van der Waals surface area contributed by atoms with Crippen molar-refractivity contribution in [3.05, 3.63) is 0 Å². The summed E-state index contributed by atoms with van der Waals surface area (Å²) in [5.74, 6) is -3.39. The van der Waals surface area contributed by atoms with E-state index in [9.17, 15) is 19.2 Å². The van der Waals surface area contributed by atoms with Crippen molar-refractivity contribution < 1.29 is 24.3 Å². The number of nitrogens with zero attached hydrogens (tertiary/aromatic N) is 2. The number of unbranched alkanes of at least 4 members (excludes halogenated alkanes) is 1. The van der Waals surface area contributed by atoms with Crippen LogP contribution in [0.1, 0.15) is 51.9 Å². The van der Waals surface area contributed by atoms with Gasteiger partial charge in [0.25, 0.3) is 0 Å². The number of nitrogens with one attached hydrogen (secondary N) is 3. The van der Waals surface area contributed by atoms with E-state index in [1.807, 2.05) is 0 Å². The number of hydrogen-bond donors (Lipinski definition) is 10. The van der Waals surface area contributed by atoms with Crippen LogP contribution in [-0.2, 0) is 19.2 Å². The Morgan fingerprint density at radius 1 is 0.730 bits per heavy atom. The number of aliphatic imine (C=N–C) groups is 2. The van der Waals surface area contributed by atoms with E-state index >= 15 is 0 Å². The number of aliphatic carboxylic acids is 1. The first-order chi connectivity index (χ1) is 17.4. The molecule has 212 valence electrons. The zero-order valence-corrected chi connectivity index (χ0v) is 21.3. The predicted octanol–water partition coefficient (Wildman–Crippen LogP) is -3.89. The normalized spacial score (nSPS) is 13.8. The molecule has 16 N–H and O–H groups in total. The van der Waals surface area contributed by atoms with Crippen molar-refractivity contribution in [2.45, 2.75) is 76.0 Å². The molecule has 0 bridgehead atoms. The topological polar surface area (TPSA) is 305 Å². The SMILES string of the molecule is CC(NC(=O)C(CCCN=C(N)N)NC(=O)C(CCCN=C(N)N)NC(=O)C(N)CCCCN)C(=O)O. The second-order valence-corrected chi connectivity index (χ2v) is 8.48. The summed E-state index contributed by atoms with van der Waals surface area (Å²) in [4.78, 5) is 57.3. The van der Waals surface area contributed by atoms with Crippen LogP contribution in [0.5, 0.6) is 0 Å². The third-order valence-corrected chi connectivity index (χ3v) is 5.19. The Morgan fingerprint density at radius 3 is 1.62 bits per heavy atom. The van der Waals surface area contributed by atoms with E-state index in [-0.39, 0.29) is 37.9 Å². The van der Waals surface area contributed by atoms with Crippen LogP contribution in [0, 0.1) is 0 Å². The van der Waals surface area contributed by atoms with Gasteiger partial charge in [-0.2, -0.15) is 0 Å². The molecule has 3 amide bonds. The van der Waals surface area contributed by atoms with Gasteiger partial charge in [-0.15, -0.1) is 0 Å². The zero-order valence-electron chi connectivity index (χ0n) is 21.3. The molecule has 0 heterocycles. The molecule has 0 aromatic carbocycles. The number of hydrogen-bond acceptors (Lipinski definition) is 8. The predicted molar refractivity (Wildman–Crippen MR) is 140 cm³/mol. The van der Waals surface area contributed by atoms with Crippen LogP contribution < -0.4 is 50.4 Å². The highest BCUT2D eigenvalue weighted by Gasteiger charge is 2.29. The standard InChI is InChI=1S/C21H43N11O5/c1-12(19(36)37)30-17(34)14(7-4-10-28-20(24)25)32-18(35)15(8-5-11-29-21(26)27)31-16(33)13(23)6-2-3-9-22/h12-15H,2-11,22-23H2,1H3,(H,30,34)(H,31,33)(H,32,35)(H,36,37)(H4,24,25,28)(H4,26,27,29). The monoisotopic (exact) mass is 529 g/mol. The number of guanidine groups is 2. The summed E-state index contributed by atoms with van der Waals surface area (Å²) >= 11 is 0. The highest BCUT2D eigenvalue weighted by molar-refractivity contribution is 5.94. The smallest absolute Gasteiger partial charge is 0.325 e. The molecule has 0 fully saturated rings. The number of carboxylic acid groups (broad SMARTS) is 1. The van der Waals surface area contributed by atoms with Crippen LogP contribution in [0.4, 0.5) is 0 Å². The zero-order chi connectivity index (χ0) is 28.4. The van der Waals surface area contributed by atoms with Gasteiger partial charge >= 0.3 is 5.97 Å². The molecular weight excluding hydrogens is 486 g/mol.